The number of benzene rings is 1. The van der Waals surface area contributed by atoms with Gasteiger partial charge >= 0.3 is 0 Å². The second kappa shape index (κ2) is 8.29. The molecule has 0 fully saturated rings. The zero-order valence-electron chi connectivity index (χ0n) is 13.1. The van der Waals surface area contributed by atoms with E-state index in [4.69, 9.17) is 0 Å². The molecule has 0 aliphatic rings. The molecule has 21 heavy (non-hydrogen) atoms. The van der Waals surface area contributed by atoms with Gasteiger partial charge in [0.05, 0.1) is 4.90 Å². The van der Waals surface area contributed by atoms with Crippen LogP contribution in [0.2, 0.25) is 0 Å². The number of nitrogens with one attached hydrogen (secondary N) is 1. The van der Waals surface area contributed by atoms with E-state index in [9.17, 15) is 13.2 Å². The number of sulfonamides is 1. The molecule has 0 aliphatic heterocycles. The number of carbonyl (C=O) groups excluding carboxylic acids is 1. The van der Waals surface area contributed by atoms with Crippen molar-refractivity contribution in [3.8, 4) is 0 Å². The van der Waals surface area contributed by atoms with Crippen molar-refractivity contribution in [3.05, 3.63) is 29.8 Å². The molecule has 0 saturated heterocycles. The second-order valence-corrected chi connectivity index (χ2v) is 6.92. The summed E-state index contributed by atoms with van der Waals surface area (Å²) in [6.45, 7) is 6.42. The number of carbonyl (C=O) groups is 1. The van der Waals surface area contributed by atoms with Crippen LogP contribution in [0, 0.1) is 5.92 Å². The smallest absolute Gasteiger partial charge is 0.240 e. The number of hydrogen-bond donors (Lipinski definition) is 1. The lowest BCUT2D eigenvalue weighted by atomic mass is 9.93. The van der Waals surface area contributed by atoms with Gasteiger partial charge in [0.15, 0.2) is 5.78 Å². The molecule has 0 unspecified atom stereocenters. The van der Waals surface area contributed by atoms with Crippen LogP contribution >= 0.6 is 0 Å². The highest BCUT2D eigenvalue weighted by molar-refractivity contribution is 7.89. The van der Waals surface area contributed by atoms with E-state index in [0.717, 1.165) is 25.7 Å². The Morgan fingerprint density at radius 1 is 1.10 bits per heavy atom. The van der Waals surface area contributed by atoms with Crippen molar-refractivity contribution in [1.29, 1.82) is 0 Å². The molecule has 1 rings (SSSR count). The molecule has 0 aromatic heterocycles. The first-order chi connectivity index (χ1) is 9.96. The van der Waals surface area contributed by atoms with Crippen molar-refractivity contribution in [2.24, 2.45) is 5.92 Å². The minimum atomic E-state index is -3.47. The molecule has 0 radical (unpaired) electrons. The number of Topliss-reactive ketones (excluding diaryl/α,β-unsaturated/α-hetero) is 1. The Balaban J connectivity index is 2.84. The molecule has 0 aliphatic carbocycles. The Morgan fingerprint density at radius 2 is 1.67 bits per heavy atom. The topological polar surface area (TPSA) is 63.2 Å². The molecular weight excluding hydrogens is 286 g/mol. The Morgan fingerprint density at radius 3 is 2.14 bits per heavy atom. The van der Waals surface area contributed by atoms with Gasteiger partial charge < -0.3 is 0 Å². The lowest BCUT2D eigenvalue weighted by Crippen LogP contribution is -2.24. The van der Waals surface area contributed by atoms with Crippen molar-refractivity contribution in [3.63, 3.8) is 0 Å². The van der Waals surface area contributed by atoms with Crippen molar-refractivity contribution in [2.45, 2.75) is 51.3 Å². The fourth-order valence-corrected chi connectivity index (χ4v) is 3.23. The van der Waals surface area contributed by atoms with Gasteiger partial charge in [-0.3, -0.25) is 4.79 Å². The Hall–Kier alpha value is -1.20. The zero-order valence-corrected chi connectivity index (χ0v) is 13.9. The first-order valence-corrected chi connectivity index (χ1v) is 9.08. The summed E-state index contributed by atoms with van der Waals surface area (Å²) in [6, 6.07) is 6.22. The lowest BCUT2D eigenvalue weighted by Gasteiger charge is -2.11. The van der Waals surface area contributed by atoms with Gasteiger partial charge in [0.2, 0.25) is 10.0 Å². The summed E-state index contributed by atoms with van der Waals surface area (Å²) in [7, 11) is -3.47. The van der Waals surface area contributed by atoms with Crippen molar-refractivity contribution < 1.29 is 13.2 Å². The molecule has 0 spiro atoms. The van der Waals surface area contributed by atoms with E-state index in [1.54, 1.807) is 12.1 Å². The van der Waals surface area contributed by atoms with E-state index >= 15 is 0 Å². The minimum Gasteiger partial charge on any atom is -0.294 e. The summed E-state index contributed by atoms with van der Waals surface area (Å²) in [5, 5.41) is 0. The Labute approximate surface area is 128 Å². The SMILES string of the molecule is CCCCNS(=O)(=O)c1ccc(C(=O)C(CC)CC)cc1. The van der Waals surface area contributed by atoms with Crippen LogP contribution in [0.15, 0.2) is 29.2 Å². The number of rotatable bonds is 9. The third kappa shape index (κ3) is 4.93. The second-order valence-electron chi connectivity index (χ2n) is 5.15. The fraction of sp³-hybridized carbons (Fsp3) is 0.562. The van der Waals surface area contributed by atoms with Crippen LogP contribution in [0.5, 0.6) is 0 Å². The number of unbranched alkanes of at least 4 members (excludes halogenated alkanes) is 1. The van der Waals surface area contributed by atoms with E-state index in [0.29, 0.717) is 12.1 Å². The molecule has 0 atom stereocenters. The molecule has 0 saturated carbocycles. The average Bonchev–Trinajstić information content (AvgIpc) is 2.48. The molecule has 0 bridgehead atoms. The van der Waals surface area contributed by atoms with Gasteiger partial charge in [-0.2, -0.15) is 0 Å². The molecule has 0 heterocycles. The average molecular weight is 311 g/mol. The maximum absolute atomic E-state index is 12.2. The molecule has 118 valence electrons. The van der Waals surface area contributed by atoms with Crippen molar-refractivity contribution >= 4 is 15.8 Å². The summed E-state index contributed by atoms with van der Waals surface area (Å²) < 4.78 is 26.6. The Bertz CT molecular complexity index is 545. The number of ketones is 1. The third-order valence-electron chi connectivity index (χ3n) is 3.63. The molecule has 1 aromatic carbocycles. The maximum atomic E-state index is 12.2. The van der Waals surface area contributed by atoms with E-state index < -0.39 is 10.0 Å². The summed E-state index contributed by atoms with van der Waals surface area (Å²) in [5.41, 5.74) is 0.580. The normalized spacial score (nSPS) is 11.8. The summed E-state index contributed by atoms with van der Waals surface area (Å²) in [4.78, 5) is 12.4. The van der Waals surface area contributed by atoms with Crippen LogP contribution in [0.3, 0.4) is 0 Å². The van der Waals surface area contributed by atoms with Gasteiger partial charge in [-0.05, 0) is 31.4 Å². The van der Waals surface area contributed by atoms with Crippen LogP contribution in [-0.2, 0) is 10.0 Å². The van der Waals surface area contributed by atoms with Crippen molar-refractivity contribution in [2.75, 3.05) is 6.54 Å². The van der Waals surface area contributed by atoms with Gasteiger partial charge in [-0.1, -0.05) is 39.3 Å². The predicted octanol–water partition coefficient (Wildman–Crippen LogP) is 3.38. The summed E-state index contributed by atoms with van der Waals surface area (Å²) in [6.07, 6.45) is 3.35. The first-order valence-electron chi connectivity index (χ1n) is 7.60. The molecule has 4 nitrogen and oxygen atoms in total. The molecule has 5 heteroatoms. The van der Waals surface area contributed by atoms with Crippen LogP contribution in [-0.4, -0.2) is 20.7 Å². The monoisotopic (exact) mass is 311 g/mol. The standard InChI is InChI=1S/C16H25NO3S/c1-4-7-12-17-21(19,20)15-10-8-14(9-11-15)16(18)13(5-2)6-3/h8-11,13,17H,4-7,12H2,1-3H3. The molecule has 0 amide bonds. The van der Waals surface area contributed by atoms with Gasteiger partial charge in [-0.15, -0.1) is 0 Å². The van der Waals surface area contributed by atoms with E-state index in [2.05, 4.69) is 4.72 Å². The molecule has 1 N–H and O–H groups in total. The highest BCUT2D eigenvalue weighted by Gasteiger charge is 2.18. The highest BCUT2D eigenvalue weighted by Crippen LogP contribution is 2.17. The van der Waals surface area contributed by atoms with Gasteiger partial charge in [0.1, 0.15) is 0 Å². The van der Waals surface area contributed by atoms with Crippen LogP contribution in [0.25, 0.3) is 0 Å². The van der Waals surface area contributed by atoms with Crippen LogP contribution < -0.4 is 4.72 Å². The van der Waals surface area contributed by atoms with Gasteiger partial charge in [-0.25, -0.2) is 13.1 Å². The minimum absolute atomic E-state index is 0.00939. The van der Waals surface area contributed by atoms with E-state index in [1.165, 1.54) is 12.1 Å². The lowest BCUT2D eigenvalue weighted by molar-refractivity contribution is 0.0913. The fourth-order valence-electron chi connectivity index (χ4n) is 2.16. The van der Waals surface area contributed by atoms with Crippen molar-refractivity contribution in [1.82, 2.24) is 4.72 Å². The first kappa shape index (κ1) is 17.9. The van der Waals surface area contributed by atoms with E-state index in [1.807, 2.05) is 20.8 Å². The van der Waals surface area contributed by atoms with Crippen LogP contribution in [0.1, 0.15) is 56.8 Å². The summed E-state index contributed by atoms with van der Waals surface area (Å²) >= 11 is 0. The highest BCUT2D eigenvalue weighted by atomic mass is 32.2. The predicted molar refractivity (Wildman–Crippen MR) is 84.9 cm³/mol. The van der Waals surface area contributed by atoms with Gasteiger partial charge in [0.25, 0.3) is 0 Å². The van der Waals surface area contributed by atoms with E-state index in [-0.39, 0.29) is 16.6 Å². The zero-order chi connectivity index (χ0) is 15.9. The molecular formula is C16H25NO3S. The number of hydrogen-bond acceptors (Lipinski definition) is 3. The maximum Gasteiger partial charge on any atom is 0.240 e. The van der Waals surface area contributed by atoms with Gasteiger partial charge in [0, 0.05) is 18.0 Å². The van der Waals surface area contributed by atoms with Crippen LogP contribution in [0.4, 0.5) is 0 Å². The summed E-state index contributed by atoms with van der Waals surface area (Å²) in [5.74, 6) is 0.0954. The third-order valence-corrected chi connectivity index (χ3v) is 5.10. The molecule has 1 aromatic rings. The largest absolute Gasteiger partial charge is 0.294 e. The quantitative estimate of drug-likeness (QED) is 0.561. The Kier molecular flexibility index (Phi) is 7.05.